The lowest BCUT2D eigenvalue weighted by molar-refractivity contribution is 0.138. The van der Waals surface area contributed by atoms with Crippen LogP contribution in [0.1, 0.15) is 80.1 Å². The zero-order valence-electron chi connectivity index (χ0n) is 11.9. The van der Waals surface area contributed by atoms with E-state index in [1.807, 2.05) is 0 Å². The second-order valence-electron chi connectivity index (χ2n) is 5.80. The van der Waals surface area contributed by atoms with E-state index >= 15 is 0 Å². The highest BCUT2D eigenvalue weighted by Crippen LogP contribution is 2.40. The minimum Gasteiger partial charge on any atom is -0.0654 e. The van der Waals surface area contributed by atoms with Crippen molar-refractivity contribution in [1.29, 1.82) is 0 Å². The van der Waals surface area contributed by atoms with E-state index in [0.717, 1.165) is 11.8 Å². The Labute approximate surface area is 97.8 Å². The van der Waals surface area contributed by atoms with Crippen LogP contribution in [-0.4, -0.2) is 0 Å². The molecule has 15 heavy (non-hydrogen) atoms. The first kappa shape index (κ1) is 15.0. The highest BCUT2D eigenvalue weighted by atomic mass is 14.3. The van der Waals surface area contributed by atoms with Crippen LogP contribution in [0.5, 0.6) is 0 Å². The molecular weight excluding hydrogens is 180 g/mol. The highest BCUT2D eigenvalue weighted by molar-refractivity contribution is 4.80. The molecule has 0 nitrogen and oxygen atoms in total. The number of hydrogen-bond donors (Lipinski definition) is 0. The molecule has 0 heterocycles. The molecular formula is C15H32. The average molecular weight is 212 g/mol. The summed E-state index contributed by atoms with van der Waals surface area (Å²) in [5, 5.41) is 0. The van der Waals surface area contributed by atoms with E-state index in [4.69, 9.17) is 0 Å². The largest absolute Gasteiger partial charge is 0.0654 e. The molecule has 0 spiro atoms. The Hall–Kier alpha value is 0. The lowest BCUT2D eigenvalue weighted by Crippen LogP contribution is -2.26. The van der Waals surface area contributed by atoms with Crippen molar-refractivity contribution >= 4 is 0 Å². The van der Waals surface area contributed by atoms with Crippen LogP contribution in [0.25, 0.3) is 0 Å². The molecule has 0 aliphatic carbocycles. The first-order valence-corrected chi connectivity index (χ1v) is 7.00. The smallest absolute Gasteiger partial charge is 0.0300 e. The molecule has 0 radical (unpaired) electrons. The van der Waals surface area contributed by atoms with E-state index in [9.17, 15) is 0 Å². The predicted octanol–water partition coefficient (Wildman–Crippen LogP) is 5.67. The van der Waals surface area contributed by atoms with Crippen molar-refractivity contribution in [2.45, 2.75) is 80.1 Å². The van der Waals surface area contributed by atoms with Crippen LogP contribution in [0.15, 0.2) is 0 Å². The molecule has 0 aromatic rings. The molecule has 0 rings (SSSR count). The molecule has 0 aromatic heterocycles. The van der Waals surface area contributed by atoms with Gasteiger partial charge in [0.05, 0.1) is 0 Å². The molecule has 2 unspecified atom stereocenters. The molecule has 0 heteroatoms. The van der Waals surface area contributed by atoms with Gasteiger partial charge in [-0.1, -0.05) is 60.8 Å². The van der Waals surface area contributed by atoms with Crippen LogP contribution in [0.4, 0.5) is 0 Å². The SMILES string of the molecule is CCCC(C)(CCC)C(C)CC(C)CC. The van der Waals surface area contributed by atoms with Crippen LogP contribution in [0.3, 0.4) is 0 Å². The molecule has 0 N–H and O–H groups in total. The summed E-state index contributed by atoms with van der Waals surface area (Å²) >= 11 is 0. The van der Waals surface area contributed by atoms with E-state index in [0.29, 0.717) is 5.41 Å². The molecule has 0 saturated heterocycles. The summed E-state index contributed by atoms with van der Waals surface area (Å²) in [6, 6.07) is 0. The Bertz CT molecular complexity index is 142. The lowest BCUT2D eigenvalue weighted by atomic mass is 9.69. The third-order valence-electron chi connectivity index (χ3n) is 4.28. The van der Waals surface area contributed by atoms with Gasteiger partial charge in [0.2, 0.25) is 0 Å². The lowest BCUT2D eigenvalue weighted by Gasteiger charge is -2.37. The van der Waals surface area contributed by atoms with E-state index in [1.54, 1.807) is 0 Å². The molecule has 2 atom stereocenters. The highest BCUT2D eigenvalue weighted by Gasteiger charge is 2.29. The molecule has 0 amide bonds. The third kappa shape index (κ3) is 5.04. The Morgan fingerprint density at radius 3 is 1.73 bits per heavy atom. The van der Waals surface area contributed by atoms with Crippen molar-refractivity contribution in [3.63, 3.8) is 0 Å². The average Bonchev–Trinajstić information content (AvgIpc) is 2.18. The van der Waals surface area contributed by atoms with Gasteiger partial charge < -0.3 is 0 Å². The molecule has 0 aliphatic rings. The van der Waals surface area contributed by atoms with E-state index in [1.165, 1.54) is 38.5 Å². The predicted molar refractivity (Wildman–Crippen MR) is 71.2 cm³/mol. The third-order valence-corrected chi connectivity index (χ3v) is 4.28. The van der Waals surface area contributed by atoms with Crippen LogP contribution >= 0.6 is 0 Å². The maximum Gasteiger partial charge on any atom is -0.0300 e. The van der Waals surface area contributed by atoms with Crippen molar-refractivity contribution in [1.82, 2.24) is 0 Å². The van der Waals surface area contributed by atoms with Gasteiger partial charge in [-0.2, -0.15) is 0 Å². The standard InChI is InChI=1S/C15H32/c1-7-10-15(6,11-8-2)14(5)12-13(4)9-3/h13-14H,7-12H2,1-6H3. The van der Waals surface area contributed by atoms with Gasteiger partial charge in [-0.3, -0.25) is 0 Å². The van der Waals surface area contributed by atoms with Crippen molar-refractivity contribution in [3.8, 4) is 0 Å². The molecule has 0 aliphatic heterocycles. The van der Waals surface area contributed by atoms with E-state index < -0.39 is 0 Å². The summed E-state index contributed by atoms with van der Waals surface area (Å²) in [4.78, 5) is 0. The molecule has 0 saturated carbocycles. The minimum atomic E-state index is 0.590. The fourth-order valence-corrected chi connectivity index (χ4v) is 2.81. The van der Waals surface area contributed by atoms with Crippen LogP contribution < -0.4 is 0 Å². The number of rotatable bonds is 8. The Balaban J connectivity index is 4.32. The fraction of sp³-hybridized carbons (Fsp3) is 1.00. The summed E-state index contributed by atoms with van der Waals surface area (Å²) in [6.07, 6.45) is 8.21. The maximum absolute atomic E-state index is 2.51. The van der Waals surface area contributed by atoms with Gasteiger partial charge in [-0.25, -0.2) is 0 Å². The topological polar surface area (TPSA) is 0 Å². The van der Waals surface area contributed by atoms with Gasteiger partial charge in [0, 0.05) is 0 Å². The Morgan fingerprint density at radius 2 is 1.40 bits per heavy atom. The Morgan fingerprint density at radius 1 is 0.933 bits per heavy atom. The second-order valence-corrected chi connectivity index (χ2v) is 5.80. The molecule has 0 bridgehead atoms. The minimum absolute atomic E-state index is 0.590. The Kier molecular flexibility index (Phi) is 7.30. The van der Waals surface area contributed by atoms with Crippen molar-refractivity contribution in [2.75, 3.05) is 0 Å². The zero-order valence-corrected chi connectivity index (χ0v) is 11.9. The fourth-order valence-electron chi connectivity index (χ4n) is 2.81. The van der Waals surface area contributed by atoms with Gasteiger partial charge in [0.1, 0.15) is 0 Å². The van der Waals surface area contributed by atoms with Crippen LogP contribution in [0, 0.1) is 17.3 Å². The van der Waals surface area contributed by atoms with E-state index in [-0.39, 0.29) is 0 Å². The summed E-state index contributed by atoms with van der Waals surface area (Å²) in [6.45, 7) is 14.3. The van der Waals surface area contributed by atoms with Crippen molar-refractivity contribution in [2.24, 2.45) is 17.3 Å². The monoisotopic (exact) mass is 212 g/mol. The zero-order chi connectivity index (χ0) is 11.9. The normalized spacial score (nSPS) is 16.4. The van der Waals surface area contributed by atoms with Crippen LogP contribution in [-0.2, 0) is 0 Å². The van der Waals surface area contributed by atoms with Crippen molar-refractivity contribution in [3.05, 3.63) is 0 Å². The molecule has 0 fully saturated rings. The summed E-state index contributed by atoms with van der Waals surface area (Å²) in [5.41, 5.74) is 0.590. The maximum atomic E-state index is 2.51. The van der Waals surface area contributed by atoms with Crippen LogP contribution in [0.2, 0.25) is 0 Å². The van der Waals surface area contributed by atoms with E-state index in [2.05, 4.69) is 41.5 Å². The first-order chi connectivity index (χ1) is 7.00. The molecule has 92 valence electrons. The van der Waals surface area contributed by atoms with Gasteiger partial charge in [0.25, 0.3) is 0 Å². The molecule has 0 aromatic carbocycles. The van der Waals surface area contributed by atoms with Crippen molar-refractivity contribution < 1.29 is 0 Å². The van der Waals surface area contributed by atoms with Gasteiger partial charge in [-0.05, 0) is 36.5 Å². The van der Waals surface area contributed by atoms with Gasteiger partial charge in [0.15, 0.2) is 0 Å². The first-order valence-electron chi connectivity index (χ1n) is 7.00. The van der Waals surface area contributed by atoms with Gasteiger partial charge >= 0.3 is 0 Å². The second kappa shape index (κ2) is 7.30. The summed E-state index contributed by atoms with van der Waals surface area (Å²) in [5.74, 6) is 1.78. The van der Waals surface area contributed by atoms with Gasteiger partial charge in [-0.15, -0.1) is 0 Å². The summed E-state index contributed by atoms with van der Waals surface area (Å²) < 4.78 is 0. The number of hydrogen-bond acceptors (Lipinski definition) is 0. The summed E-state index contributed by atoms with van der Waals surface area (Å²) in [7, 11) is 0. The quantitative estimate of drug-likeness (QED) is 0.486.